The molecule has 0 fully saturated rings. The van der Waals surface area contributed by atoms with Crippen molar-refractivity contribution in [3.05, 3.63) is 47.8 Å². The molecule has 1 heterocycles. The zero-order valence-corrected chi connectivity index (χ0v) is 11.5. The lowest BCUT2D eigenvalue weighted by molar-refractivity contribution is 0.233. The average molecular weight is 259 g/mol. The van der Waals surface area contributed by atoms with E-state index in [0.29, 0.717) is 0 Å². The van der Waals surface area contributed by atoms with Crippen LogP contribution in [0.1, 0.15) is 18.2 Å². The molecule has 0 saturated carbocycles. The molecule has 1 aromatic carbocycles. The molecule has 0 aliphatic carbocycles. The third-order valence-corrected chi connectivity index (χ3v) is 3.14. The maximum Gasteiger partial charge on any atom is 0.0645 e. The minimum Gasteiger partial charge on any atom is -0.396 e. The Labute approximate surface area is 114 Å². The van der Waals surface area contributed by atoms with Crippen molar-refractivity contribution in [2.45, 2.75) is 20.4 Å². The summed E-state index contributed by atoms with van der Waals surface area (Å²) >= 11 is 0. The van der Waals surface area contributed by atoms with Crippen molar-refractivity contribution in [2.24, 2.45) is 5.92 Å². The number of hydrogen-bond donors (Lipinski definition) is 2. The van der Waals surface area contributed by atoms with Gasteiger partial charge in [0.1, 0.15) is 0 Å². The largest absolute Gasteiger partial charge is 0.396 e. The van der Waals surface area contributed by atoms with Gasteiger partial charge in [-0.15, -0.1) is 0 Å². The normalized spacial score (nSPS) is 12.6. The van der Waals surface area contributed by atoms with Crippen LogP contribution in [0, 0.1) is 12.8 Å². The fourth-order valence-corrected chi connectivity index (χ4v) is 1.90. The molecule has 4 heteroatoms. The third kappa shape index (κ3) is 3.66. The van der Waals surface area contributed by atoms with Gasteiger partial charge < -0.3 is 10.4 Å². The Morgan fingerprint density at radius 1 is 1.32 bits per heavy atom. The highest BCUT2D eigenvalue weighted by Crippen LogP contribution is 2.11. The number of nitrogens with zero attached hydrogens (tertiary/aromatic N) is 2. The first-order valence-electron chi connectivity index (χ1n) is 6.63. The molecule has 4 nitrogen and oxygen atoms in total. The monoisotopic (exact) mass is 259 g/mol. The van der Waals surface area contributed by atoms with Crippen LogP contribution in [0.2, 0.25) is 0 Å². The van der Waals surface area contributed by atoms with Crippen molar-refractivity contribution < 1.29 is 5.11 Å². The number of nitrogens with one attached hydrogen (secondary N) is 1. The van der Waals surface area contributed by atoms with Crippen LogP contribution in [0.5, 0.6) is 0 Å². The zero-order valence-electron chi connectivity index (χ0n) is 11.5. The fourth-order valence-electron chi connectivity index (χ4n) is 1.90. The van der Waals surface area contributed by atoms with Crippen LogP contribution in [-0.4, -0.2) is 28.0 Å². The van der Waals surface area contributed by atoms with Crippen molar-refractivity contribution in [2.75, 3.05) is 13.2 Å². The molecular weight excluding hydrogens is 238 g/mol. The van der Waals surface area contributed by atoms with Crippen molar-refractivity contribution in [3.8, 4) is 5.69 Å². The second-order valence-corrected chi connectivity index (χ2v) is 4.94. The predicted molar refractivity (Wildman–Crippen MR) is 76.3 cm³/mol. The van der Waals surface area contributed by atoms with Crippen LogP contribution >= 0.6 is 0 Å². The molecular formula is C15H21N3O. The Morgan fingerprint density at radius 3 is 2.74 bits per heavy atom. The predicted octanol–water partition coefficient (Wildman–Crippen LogP) is 1.90. The Hall–Kier alpha value is -1.65. The Morgan fingerprint density at radius 2 is 2.05 bits per heavy atom. The van der Waals surface area contributed by atoms with E-state index in [4.69, 9.17) is 5.11 Å². The molecule has 0 aliphatic heterocycles. The zero-order chi connectivity index (χ0) is 13.7. The molecule has 2 N–H and O–H groups in total. The molecule has 1 aromatic heterocycles. The van der Waals surface area contributed by atoms with Gasteiger partial charge in [0.05, 0.1) is 11.4 Å². The minimum atomic E-state index is 0.218. The maximum atomic E-state index is 8.98. The first-order chi connectivity index (χ1) is 9.20. The van der Waals surface area contributed by atoms with Crippen LogP contribution in [0.25, 0.3) is 5.69 Å². The van der Waals surface area contributed by atoms with Gasteiger partial charge in [0, 0.05) is 31.5 Å². The highest BCUT2D eigenvalue weighted by molar-refractivity contribution is 5.32. The summed E-state index contributed by atoms with van der Waals surface area (Å²) in [6.07, 6.45) is 2.06. The molecule has 2 aromatic rings. The summed E-state index contributed by atoms with van der Waals surface area (Å²) in [6.45, 7) is 5.85. The lowest BCUT2D eigenvalue weighted by Gasteiger charge is -2.08. The molecule has 0 bridgehead atoms. The lowest BCUT2D eigenvalue weighted by Crippen LogP contribution is -2.22. The van der Waals surface area contributed by atoms with E-state index in [-0.39, 0.29) is 12.5 Å². The van der Waals surface area contributed by atoms with E-state index in [1.807, 2.05) is 48.9 Å². The van der Waals surface area contributed by atoms with Crippen molar-refractivity contribution >= 4 is 0 Å². The molecule has 0 aliphatic rings. The molecule has 102 valence electrons. The fraction of sp³-hybridized carbons (Fsp3) is 0.400. The number of aliphatic hydroxyl groups is 1. The van der Waals surface area contributed by atoms with Gasteiger partial charge in [-0.1, -0.05) is 25.1 Å². The average Bonchev–Trinajstić information content (AvgIpc) is 2.81. The van der Waals surface area contributed by atoms with Gasteiger partial charge in [0.2, 0.25) is 0 Å². The summed E-state index contributed by atoms with van der Waals surface area (Å²) in [4.78, 5) is 0. The third-order valence-electron chi connectivity index (χ3n) is 3.14. The van der Waals surface area contributed by atoms with E-state index in [2.05, 4.69) is 16.6 Å². The first kappa shape index (κ1) is 13.8. The highest BCUT2D eigenvalue weighted by atomic mass is 16.3. The van der Waals surface area contributed by atoms with E-state index in [0.717, 1.165) is 24.5 Å². The summed E-state index contributed by atoms with van der Waals surface area (Å²) in [5.74, 6) is 0.282. The number of aromatic nitrogens is 2. The molecule has 19 heavy (non-hydrogen) atoms. The van der Waals surface area contributed by atoms with Crippen LogP contribution in [0.3, 0.4) is 0 Å². The standard InChI is InChI=1S/C15H21N3O/c1-12(11-19)8-16-9-14-10-18(17-13(14)2)15-6-4-3-5-7-15/h3-7,10,12,16,19H,8-9,11H2,1-2H3. The van der Waals surface area contributed by atoms with Gasteiger partial charge in [0.25, 0.3) is 0 Å². The summed E-state index contributed by atoms with van der Waals surface area (Å²) < 4.78 is 1.90. The number of para-hydroxylation sites is 1. The smallest absolute Gasteiger partial charge is 0.0645 e. The van der Waals surface area contributed by atoms with Crippen molar-refractivity contribution in [1.82, 2.24) is 15.1 Å². The summed E-state index contributed by atoms with van der Waals surface area (Å²) in [5.41, 5.74) is 3.29. The van der Waals surface area contributed by atoms with E-state index < -0.39 is 0 Å². The van der Waals surface area contributed by atoms with Gasteiger partial charge in [0.15, 0.2) is 0 Å². The van der Waals surface area contributed by atoms with Crippen LogP contribution in [0.15, 0.2) is 36.5 Å². The Kier molecular flexibility index (Phi) is 4.71. The van der Waals surface area contributed by atoms with E-state index in [1.165, 1.54) is 5.56 Å². The molecule has 1 unspecified atom stereocenters. The molecule has 0 spiro atoms. The van der Waals surface area contributed by atoms with E-state index in [1.54, 1.807) is 0 Å². The van der Waals surface area contributed by atoms with Crippen molar-refractivity contribution in [3.63, 3.8) is 0 Å². The van der Waals surface area contributed by atoms with E-state index >= 15 is 0 Å². The highest BCUT2D eigenvalue weighted by Gasteiger charge is 2.06. The summed E-state index contributed by atoms with van der Waals surface area (Å²) in [6, 6.07) is 10.1. The summed E-state index contributed by atoms with van der Waals surface area (Å²) in [7, 11) is 0. The van der Waals surface area contributed by atoms with Gasteiger partial charge in [-0.2, -0.15) is 5.10 Å². The van der Waals surface area contributed by atoms with Crippen LogP contribution < -0.4 is 5.32 Å². The van der Waals surface area contributed by atoms with Crippen LogP contribution in [-0.2, 0) is 6.54 Å². The first-order valence-corrected chi connectivity index (χ1v) is 6.63. The number of rotatable bonds is 6. The van der Waals surface area contributed by atoms with Gasteiger partial charge in [-0.05, 0) is 25.0 Å². The molecule has 1 atom stereocenters. The van der Waals surface area contributed by atoms with Gasteiger partial charge in [-0.25, -0.2) is 4.68 Å². The molecule has 0 radical (unpaired) electrons. The number of aryl methyl sites for hydroxylation is 1. The summed E-state index contributed by atoms with van der Waals surface area (Å²) in [5, 5.41) is 16.9. The molecule has 2 rings (SSSR count). The quantitative estimate of drug-likeness (QED) is 0.833. The van der Waals surface area contributed by atoms with Crippen molar-refractivity contribution in [1.29, 1.82) is 0 Å². The second-order valence-electron chi connectivity index (χ2n) is 4.94. The Balaban J connectivity index is 2.01. The Bertz CT molecular complexity index is 507. The number of benzene rings is 1. The SMILES string of the molecule is Cc1nn(-c2ccccc2)cc1CNCC(C)CO. The molecule has 0 amide bonds. The number of hydrogen-bond acceptors (Lipinski definition) is 3. The topological polar surface area (TPSA) is 50.1 Å². The lowest BCUT2D eigenvalue weighted by atomic mass is 10.2. The minimum absolute atomic E-state index is 0.218. The number of aliphatic hydroxyl groups excluding tert-OH is 1. The second kappa shape index (κ2) is 6.50. The molecule has 0 saturated heterocycles. The maximum absolute atomic E-state index is 8.98. The van der Waals surface area contributed by atoms with Gasteiger partial charge in [-0.3, -0.25) is 0 Å². The van der Waals surface area contributed by atoms with Gasteiger partial charge >= 0.3 is 0 Å². The van der Waals surface area contributed by atoms with Crippen LogP contribution in [0.4, 0.5) is 0 Å². The van der Waals surface area contributed by atoms with E-state index in [9.17, 15) is 0 Å².